The first-order valence-corrected chi connectivity index (χ1v) is 8.27. The molecule has 1 saturated heterocycles. The molecule has 1 N–H and O–H groups in total. The van der Waals surface area contributed by atoms with Crippen LogP contribution in [0.2, 0.25) is 0 Å². The minimum Gasteiger partial charge on any atom is -0.380 e. The number of nitrogens with zero attached hydrogens (tertiary/aromatic N) is 1. The molecule has 0 saturated carbocycles. The highest BCUT2D eigenvalue weighted by atomic mass is 35.5. The third kappa shape index (κ3) is 3.77. The van der Waals surface area contributed by atoms with Crippen molar-refractivity contribution >= 4 is 12.4 Å². The molecule has 2 aromatic carbocycles. The zero-order valence-electron chi connectivity index (χ0n) is 13.7. The third-order valence-electron chi connectivity index (χ3n) is 4.87. The van der Waals surface area contributed by atoms with Crippen LogP contribution in [0.15, 0.2) is 60.7 Å². The van der Waals surface area contributed by atoms with Crippen molar-refractivity contribution in [2.45, 2.75) is 25.4 Å². The number of aliphatic hydroxyl groups is 1. The van der Waals surface area contributed by atoms with E-state index in [1.165, 1.54) is 12.8 Å². The minimum absolute atomic E-state index is 0. The van der Waals surface area contributed by atoms with Gasteiger partial charge < -0.3 is 10.0 Å². The van der Waals surface area contributed by atoms with Crippen molar-refractivity contribution in [3.05, 3.63) is 71.8 Å². The van der Waals surface area contributed by atoms with Crippen molar-refractivity contribution in [2.24, 2.45) is 5.92 Å². The second-order valence-corrected chi connectivity index (χ2v) is 6.41. The van der Waals surface area contributed by atoms with E-state index in [0.717, 1.165) is 30.8 Å². The Bertz CT molecular complexity index is 542. The topological polar surface area (TPSA) is 23.5 Å². The van der Waals surface area contributed by atoms with Crippen molar-refractivity contribution in [3.63, 3.8) is 0 Å². The Balaban J connectivity index is 0.00000192. The van der Waals surface area contributed by atoms with Crippen LogP contribution in [0.3, 0.4) is 0 Å². The molecule has 1 aliphatic rings. The summed E-state index contributed by atoms with van der Waals surface area (Å²) in [5, 5.41) is 11.7. The zero-order chi connectivity index (χ0) is 15.4. The van der Waals surface area contributed by atoms with Crippen LogP contribution in [0.4, 0.5) is 0 Å². The van der Waals surface area contributed by atoms with Gasteiger partial charge in [0.25, 0.3) is 0 Å². The Morgan fingerprint density at radius 2 is 1.35 bits per heavy atom. The van der Waals surface area contributed by atoms with E-state index >= 15 is 0 Å². The lowest BCUT2D eigenvalue weighted by Crippen LogP contribution is -2.41. The summed E-state index contributed by atoms with van der Waals surface area (Å²) in [6.07, 6.45) is 2.56. The summed E-state index contributed by atoms with van der Waals surface area (Å²) >= 11 is 0. The van der Waals surface area contributed by atoms with Gasteiger partial charge in [0.15, 0.2) is 0 Å². The second kappa shape index (κ2) is 7.96. The molecule has 0 radical (unpaired) electrons. The highest BCUT2D eigenvalue weighted by molar-refractivity contribution is 5.85. The molecule has 1 aliphatic heterocycles. The van der Waals surface area contributed by atoms with E-state index in [2.05, 4.69) is 11.8 Å². The molecule has 0 aliphatic carbocycles. The number of hydrogen-bond donors (Lipinski definition) is 1. The van der Waals surface area contributed by atoms with Crippen molar-refractivity contribution in [1.29, 1.82) is 0 Å². The van der Waals surface area contributed by atoms with E-state index in [1.807, 2.05) is 60.7 Å². The first-order valence-electron chi connectivity index (χ1n) is 8.27. The molecule has 1 heterocycles. The number of benzene rings is 2. The molecule has 0 bridgehead atoms. The predicted octanol–water partition coefficient (Wildman–Crippen LogP) is 4.08. The van der Waals surface area contributed by atoms with Crippen LogP contribution < -0.4 is 0 Å². The molecule has 2 nitrogen and oxygen atoms in total. The highest BCUT2D eigenvalue weighted by Crippen LogP contribution is 2.37. The fourth-order valence-corrected chi connectivity index (χ4v) is 3.60. The molecule has 0 aromatic heterocycles. The van der Waals surface area contributed by atoms with E-state index < -0.39 is 5.60 Å². The maximum absolute atomic E-state index is 11.7. The van der Waals surface area contributed by atoms with Gasteiger partial charge in [-0.1, -0.05) is 67.6 Å². The van der Waals surface area contributed by atoms with Gasteiger partial charge in [-0.25, -0.2) is 0 Å². The number of likely N-dealkylation sites (tertiary alicyclic amines) is 1. The van der Waals surface area contributed by atoms with Crippen molar-refractivity contribution < 1.29 is 5.11 Å². The van der Waals surface area contributed by atoms with Crippen LogP contribution in [-0.4, -0.2) is 29.6 Å². The molecule has 0 spiro atoms. The van der Waals surface area contributed by atoms with Gasteiger partial charge in [-0.15, -0.1) is 12.4 Å². The van der Waals surface area contributed by atoms with Gasteiger partial charge in [-0.2, -0.15) is 0 Å². The summed E-state index contributed by atoms with van der Waals surface area (Å²) in [7, 11) is 0. The average molecular weight is 332 g/mol. The maximum atomic E-state index is 11.7. The largest absolute Gasteiger partial charge is 0.380 e. The van der Waals surface area contributed by atoms with Crippen LogP contribution in [0.5, 0.6) is 0 Å². The number of hydrogen-bond acceptors (Lipinski definition) is 2. The monoisotopic (exact) mass is 331 g/mol. The van der Waals surface area contributed by atoms with Crippen LogP contribution >= 0.6 is 12.4 Å². The van der Waals surface area contributed by atoms with Crippen molar-refractivity contribution in [1.82, 2.24) is 4.90 Å². The van der Waals surface area contributed by atoms with Gasteiger partial charge in [0, 0.05) is 12.5 Å². The molecule has 23 heavy (non-hydrogen) atoms. The van der Waals surface area contributed by atoms with E-state index in [4.69, 9.17) is 0 Å². The fourth-order valence-electron chi connectivity index (χ4n) is 3.60. The molecule has 2 aromatic rings. The predicted molar refractivity (Wildman–Crippen MR) is 98.0 cm³/mol. The lowest BCUT2D eigenvalue weighted by Gasteiger charge is -2.37. The average Bonchev–Trinajstić information content (AvgIpc) is 3.08. The molecular weight excluding hydrogens is 306 g/mol. The number of rotatable bonds is 5. The van der Waals surface area contributed by atoms with Crippen LogP contribution in [0.1, 0.15) is 30.9 Å². The molecule has 3 rings (SSSR count). The molecular formula is C20H26ClNO. The summed E-state index contributed by atoms with van der Waals surface area (Å²) in [4.78, 5) is 2.47. The quantitative estimate of drug-likeness (QED) is 0.892. The normalized spacial score (nSPS) is 16.8. The van der Waals surface area contributed by atoms with Gasteiger partial charge in [-0.3, -0.25) is 0 Å². The molecule has 0 amide bonds. The molecule has 1 fully saturated rings. The third-order valence-corrected chi connectivity index (χ3v) is 4.87. The smallest absolute Gasteiger partial charge is 0.118 e. The summed E-state index contributed by atoms with van der Waals surface area (Å²) < 4.78 is 0. The fraction of sp³-hybridized carbons (Fsp3) is 0.400. The van der Waals surface area contributed by atoms with Crippen LogP contribution in [0.25, 0.3) is 0 Å². The van der Waals surface area contributed by atoms with Crippen LogP contribution in [0, 0.1) is 5.92 Å². The molecule has 1 unspecified atom stereocenters. The zero-order valence-corrected chi connectivity index (χ0v) is 14.5. The Hall–Kier alpha value is -1.35. The summed E-state index contributed by atoms with van der Waals surface area (Å²) in [6, 6.07) is 20.2. The summed E-state index contributed by atoms with van der Waals surface area (Å²) in [6.45, 7) is 5.41. The van der Waals surface area contributed by atoms with Crippen molar-refractivity contribution in [3.8, 4) is 0 Å². The van der Waals surface area contributed by atoms with E-state index in [1.54, 1.807) is 0 Å². The SMILES string of the molecule is CC(CN1CCCC1)C(O)(c1ccccc1)c1ccccc1.Cl. The number of halogens is 1. The summed E-state index contributed by atoms with van der Waals surface area (Å²) in [5.41, 5.74) is 1.02. The maximum Gasteiger partial charge on any atom is 0.118 e. The van der Waals surface area contributed by atoms with E-state index in [0.29, 0.717) is 0 Å². The van der Waals surface area contributed by atoms with Gasteiger partial charge in [0.1, 0.15) is 5.60 Å². The Kier molecular flexibility index (Phi) is 6.23. The lowest BCUT2D eigenvalue weighted by molar-refractivity contribution is 0.0104. The Morgan fingerprint density at radius 3 is 1.78 bits per heavy atom. The summed E-state index contributed by atoms with van der Waals surface area (Å²) in [5.74, 6) is 0.135. The molecule has 1 atom stereocenters. The van der Waals surface area contributed by atoms with E-state index in [9.17, 15) is 5.11 Å². The van der Waals surface area contributed by atoms with Gasteiger partial charge in [-0.05, 0) is 37.1 Å². The van der Waals surface area contributed by atoms with Gasteiger partial charge in [0.2, 0.25) is 0 Å². The van der Waals surface area contributed by atoms with Gasteiger partial charge in [0.05, 0.1) is 0 Å². The van der Waals surface area contributed by atoms with Crippen molar-refractivity contribution in [2.75, 3.05) is 19.6 Å². The Labute approximate surface area is 145 Å². The molecule has 3 heteroatoms. The highest BCUT2D eigenvalue weighted by Gasteiger charge is 2.38. The second-order valence-electron chi connectivity index (χ2n) is 6.41. The molecule has 124 valence electrons. The van der Waals surface area contributed by atoms with E-state index in [-0.39, 0.29) is 18.3 Å². The van der Waals surface area contributed by atoms with Gasteiger partial charge >= 0.3 is 0 Å². The standard InChI is InChI=1S/C20H25NO.ClH/c1-17(16-21-14-8-9-15-21)20(22,18-10-4-2-5-11-18)19-12-6-3-7-13-19;/h2-7,10-13,17,22H,8-9,14-16H2,1H3;1H. The van der Waals surface area contributed by atoms with Crippen LogP contribution in [-0.2, 0) is 5.60 Å². The Morgan fingerprint density at radius 1 is 0.913 bits per heavy atom. The first kappa shape index (κ1) is 18.0. The lowest BCUT2D eigenvalue weighted by atomic mass is 9.76. The first-order chi connectivity index (χ1) is 10.7. The minimum atomic E-state index is -0.939.